The molecule has 1 aliphatic rings. The van der Waals surface area contributed by atoms with Gasteiger partial charge in [0.1, 0.15) is 5.82 Å². The minimum absolute atomic E-state index is 0.182. The third-order valence-electron chi connectivity index (χ3n) is 5.46. The number of carbonyl (C=O) groups excluding carboxylic acids is 1. The predicted molar refractivity (Wildman–Crippen MR) is 112 cm³/mol. The number of halogens is 1. The van der Waals surface area contributed by atoms with E-state index in [2.05, 4.69) is 15.7 Å². The second-order valence-electron chi connectivity index (χ2n) is 7.63. The summed E-state index contributed by atoms with van der Waals surface area (Å²) in [6.07, 6.45) is 3.41. The zero-order valence-corrected chi connectivity index (χ0v) is 16.7. The van der Waals surface area contributed by atoms with E-state index < -0.39 is 0 Å². The van der Waals surface area contributed by atoms with Crippen LogP contribution in [-0.2, 0) is 0 Å². The number of carbonyl (C=O) groups is 1. The van der Waals surface area contributed by atoms with Crippen LogP contribution >= 0.6 is 0 Å². The lowest BCUT2D eigenvalue weighted by molar-refractivity contribution is 0.102. The summed E-state index contributed by atoms with van der Waals surface area (Å²) in [6, 6.07) is 12.3. The van der Waals surface area contributed by atoms with Gasteiger partial charge in [0.2, 0.25) is 0 Å². The molecule has 2 aromatic carbocycles. The molecule has 1 fully saturated rings. The molecule has 2 heterocycles. The molecule has 0 bridgehead atoms. The Morgan fingerprint density at radius 1 is 1.17 bits per heavy atom. The molecule has 5 nitrogen and oxygen atoms in total. The van der Waals surface area contributed by atoms with E-state index in [9.17, 15) is 9.18 Å². The van der Waals surface area contributed by atoms with Gasteiger partial charge >= 0.3 is 0 Å². The maximum Gasteiger partial charge on any atom is 0.259 e. The van der Waals surface area contributed by atoms with Crippen molar-refractivity contribution in [3.8, 4) is 5.69 Å². The van der Waals surface area contributed by atoms with Crippen LogP contribution in [0.1, 0.15) is 45.9 Å². The van der Waals surface area contributed by atoms with Crippen molar-refractivity contribution in [1.82, 2.24) is 15.1 Å². The van der Waals surface area contributed by atoms with Crippen LogP contribution < -0.4 is 10.6 Å². The highest BCUT2D eigenvalue weighted by atomic mass is 19.1. The van der Waals surface area contributed by atoms with Crippen molar-refractivity contribution in [3.63, 3.8) is 0 Å². The van der Waals surface area contributed by atoms with Gasteiger partial charge in [-0.2, -0.15) is 5.10 Å². The van der Waals surface area contributed by atoms with E-state index in [-0.39, 0.29) is 17.6 Å². The fourth-order valence-corrected chi connectivity index (χ4v) is 3.98. The smallest absolute Gasteiger partial charge is 0.259 e. The van der Waals surface area contributed by atoms with Gasteiger partial charge in [-0.15, -0.1) is 0 Å². The number of aromatic nitrogens is 2. The van der Waals surface area contributed by atoms with Crippen LogP contribution in [0.5, 0.6) is 0 Å². The monoisotopic (exact) mass is 392 g/mol. The van der Waals surface area contributed by atoms with Crippen molar-refractivity contribution in [2.75, 3.05) is 18.4 Å². The largest absolute Gasteiger partial charge is 0.322 e. The summed E-state index contributed by atoms with van der Waals surface area (Å²) in [7, 11) is 0. The number of piperidine rings is 1. The van der Waals surface area contributed by atoms with Gasteiger partial charge < -0.3 is 10.6 Å². The fourth-order valence-electron chi connectivity index (χ4n) is 3.98. The Kier molecular flexibility index (Phi) is 5.45. The second-order valence-corrected chi connectivity index (χ2v) is 7.63. The quantitative estimate of drug-likeness (QED) is 0.694. The summed E-state index contributed by atoms with van der Waals surface area (Å²) in [5.41, 5.74) is 4.97. The van der Waals surface area contributed by atoms with Crippen molar-refractivity contribution in [2.24, 2.45) is 0 Å². The van der Waals surface area contributed by atoms with E-state index in [0.29, 0.717) is 11.3 Å². The highest BCUT2D eigenvalue weighted by molar-refractivity contribution is 6.05. The first-order chi connectivity index (χ1) is 14.0. The molecule has 1 aliphatic heterocycles. The average Bonchev–Trinajstić information content (AvgIpc) is 3.16. The molecule has 0 saturated carbocycles. The van der Waals surface area contributed by atoms with E-state index in [1.165, 1.54) is 12.1 Å². The van der Waals surface area contributed by atoms with E-state index >= 15 is 0 Å². The van der Waals surface area contributed by atoms with Crippen molar-refractivity contribution >= 4 is 11.6 Å². The molecule has 2 N–H and O–H groups in total. The van der Waals surface area contributed by atoms with Gasteiger partial charge in [0.15, 0.2) is 0 Å². The Morgan fingerprint density at radius 2 is 1.97 bits per heavy atom. The molecule has 1 aromatic heterocycles. The van der Waals surface area contributed by atoms with Gasteiger partial charge in [0.05, 0.1) is 23.1 Å². The maximum absolute atomic E-state index is 13.8. The van der Waals surface area contributed by atoms with Gasteiger partial charge in [0.25, 0.3) is 5.91 Å². The molecule has 0 unspecified atom stereocenters. The van der Waals surface area contributed by atoms with Gasteiger partial charge in [0, 0.05) is 11.6 Å². The topological polar surface area (TPSA) is 59.0 Å². The molecule has 0 aliphatic carbocycles. The number of nitrogens with one attached hydrogen (secondary N) is 2. The Bertz CT molecular complexity index is 1040. The summed E-state index contributed by atoms with van der Waals surface area (Å²) in [6.45, 7) is 5.78. The number of rotatable bonds is 4. The standard InChI is InChI=1S/C23H25FN4O/c1-15-6-7-21(16(2)12-15)27-23(29)20-14-26-28(19-5-3-4-18(24)13-19)22(20)17-8-10-25-11-9-17/h3-7,12-14,17,25H,8-11H2,1-2H3,(H,27,29). The van der Waals surface area contributed by atoms with E-state index in [1.54, 1.807) is 16.9 Å². The Morgan fingerprint density at radius 3 is 2.69 bits per heavy atom. The van der Waals surface area contributed by atoms with E-state index in [4.69, 9.17) is 0 Å². The van der Waals surface area contributed by atoms with Crippen LogP contribution in [0.25, 0.3) is 5.69 Å². The summed E-state index contributed by atoms with van der Waals surface area (Å²) < 4.78 is 15.5. The molecular formula is C23H25FN4O. The first-order valence-corrected chi connectivity index (χ1v) is 9.96. The summed E-state index contributed by atoms with van der Waals surface area (Å²) in [5.74, 6) is -0.328. The number of amides is 1. The van der Waals surface area contributed by atoms with Crippen LogP contribution in [0.2, 0.25) is 0 Å². The lowest BCUT2D eigenvalue weighted by Gasteiger charge is -2.24. The summed E-state index contributed by atoms with van der Waals surface area (Å²) >= 11 is 0. The Balaban J connectivity index is 1.73. The molecule has 1 saturated heterocycles. The van der Waals surface area contributed by atoms with E-state index in [1.807, 2.05) is 38.1 Å². The number of benzene rings is 2. The molecule has 6 heteroatoms. The van der Waals surface area contributed by atoms with Gasteiger partial charge in [-0.25, -0.2) is 9.07 Å². The lowest BCUT2D eigenvalue weighted by Crippen LogP contribution is -2.29. The lowest BCUT2D eigenvalue weighted by atomic mass is 9.91. The Labute approximate surface area is 169 Å². The van der Waals surface area contributed by atoms with Crippen molar-refractivity contribution in [2.45, 2.75) is 32.6 Å². The second kappa shape index (κ2) is 8.17. The molecule has 0 spiro atoms. The number of nitrogens with zero attached hydrogens (tertiary/aromatic N) is 2. The van der Waals surface area contributed by atoms with Crippen molar-refractivity contribution < 1.29 is 9.18 Å². The molecule has 150 valence electrons. The Hall–Kier alpha value is -2.99. The number of hydrogen-bond acceptors (Lipinski definition) is 3. The maximum atomic E-state index is 13.8. The molecule has 29 heavy (non-hydrogen) atoms. The minimum Gasteiger partial charge on any atom is -0.322 e. The van der Waals surface area contributed by atoms with Crippen molar-refractivity contribution in [3.05, 3.63) is 76.9 Å². The van der Waals surface area contributed by atoms with Crippen LogP contribution in [-0.4, -0.2) is 28.8 Å². The SMILES string of the molecule is Cc1ccc(NC(=O)c2cnn(-c3cccc(F)c3)c2C2CCNCC2)c(C)c1. The van der Waals surface area contributed by atoms with Gasteiger partial charge in [-0.05, 0) is 69.6 Å². The molecule has 0 radical (unpaired) electrons. The third kappa shape index (κ3) is 4.07. The molecule has 1 amide bonds. The summed E-state index contributed by atoms with van der Waals surface area (Å²) in [4.78, 5) is 13.2. The molecule has 0 atom stereocenters. The summed E-state index contributed by atoms with van der Waals surface area (Å²) in [5, 5.41) is 10.9. The molecule has 4 rings (SSSR count). The van der Waals surface area contributed by atoms with Crippen LogP contribution in [0.15, 0.2) is 48.7 Å². The van der Waals surface area contributed by atoms with Crippen LogP contribution in [0, 0.1) is 19.7 Å². The number of anilines is 1. The van der Waals surface area contributed by atoms with Gasteiger partial charge in [-0.3, -0.25) is 4.79 Å². The number of hydrogen-bond donors (Lipinski definition) is 2. The van der Waals surface area contributed by atoms with Gasteiger partial charge in [-0.1, -0.05) is 23.8 Å². The van der Waals surface area contributed by atoms with Crippen LogP contribution in [0.4, 0.5) is 10.1 Å². The van der Waals surface area contributed by atoms with Crippen LogP contribution in [0.3, 0.4) is 0 Å². The zero-order chi connectivity index (χ0) is 20.4. The normalized spacial score (nSPS) is 14.7. The molecular weight excluding hydrogens is 367 g/mol. The first-order valence-electron chi connectivity index (χ1n) is 9.96. The third-order valence-corrected chi connectivity index (χ3v) is 5.46. The number of aryl methyl sites for hydroxylation is 2. The predicted octanol–water partition coefficient (Wildman–Crippen LogP) is 4.35. The first kappa shape index (κ1) is 19.3. The average molecular weight is 392 g/mol. The fraction of sp³-hybridized carbons (Fsp3) is 0.304. The molecule has 3 aromatic rings. The highest BCUT2D eigenvalue weighted by Crippen LogP contribution is 2.31. The zero-order valence-electron chi connectivity index (χ0n) is 16.7. The minimum atomic E-state index is -0.324. The van der Waals surface area contributed by atoms with Crippen molar-refractivity contribution in [1.29, 1.82) is 0 Å². The van der Waals surface area contributed by atoms with E-state index in [0.717, 1.165) is 48.4 Å². The highest BCUT2D eigenvalue weighted by Gasteiger charge is 2.27.